The molecule has 0 spiro atoms. The van der Waals surface area contributed by atoms with Crippen molar-refractivity contribution in [2.24, 2.45) is 11.8 Å². The Morgan fingerprint density at radius 1 is 0.812 bits per heavy atom. The van der Waals surface area contributed by atoms with Crippen molar-refractivity contribution >= 4 is 0 Å². The number of allylic oxidation sites excluding steroid dienone is 4. The van der Waals surface area contributed by atoms with Gasteiger partial charge >= 0.3 is 0 Å². The summed E-state index contributed by atoms with van der Waals surface area (Å²) in [6, 6.07) is 0. The Morgan fingerprint density at radius 3 is 1.31 bits per heavy atom. The molecule has 96 valence electrons. The first-order chi connectivity index (χ1) is 7.62. The van der Waals surface area contributed by atoms with Crippen LogP contribution in [0.3, 0.4) is 0 Å². The zero-order valence-electron chi connectivity index (χ0n) is 11.2. The molecule has 2 atom stereocenters. The van der Waals surface area contributed by atoms with Gasteiger partial charge in [-0.1, -0.05) is 38.2 Å². The molecular weight excluding hydrogens is 200 g/mol. The third-order valence-corrected chi connectivity index (χ3v) is 2.17. The maximum atomic E-state index is 8.53. The molecule has 0 rings (SSSR count). The third kappa shape index (κ3) is 15.9. The predicted molar refractivity (Wildman–Crippen MR) is 71.4 cm³/mol. The van der Waals surface area contributed by atoms with Crippen LogP contribution < -0.4 is 0 Å². The molecule has 2 unspecified atom stereocenters. The lowest BCUT2D eigenvalue weighted by Gasteiger charge is -2.00. The van der Waals surface area contributed by atoms with E-state index >= 15 is 0 Å². The summed E-state index contributed by atoms with van der Waals surface area (Å²) in [4.78, 5) is 0. The zero-order chi connectivity index (χ0) is 12.8. The number of aliphatic hydroxyl groups is 2. The van der Waals surface area contributed by atoms with E-state index in [4.69, 9.17) is 10.2 Å². The molecule has 0 fully saturated rings. The van der Waals surface area contributed by atoms with Crippen LogP contribution in [0.4, 0.5) is 0 Å². The minimum atomic E-state index is 0.296. The lowest BCUT2D eigenvalue weighted by molar-refractivity contribution is 0.238. The van der Waals surface area contributed by atoms with Gasteiger partial charge in [-0.05, 0) is 38.5 Å². The van der Waals surface area contributed by atoms with E-state index in [0.717, 1.165) is 12.8 Å². The van der Waals surface area contributed by atoms with Crippen molar-refractivity contribution in [1.29, 1.82) is 0 Å². The summed E-state index contributed by atoms with van der Waals surface area (Å²) < 4.78 is 0. The van der Waals surface area contributed by atoms with Crippen LogP contribution in [0.25, 0.3) is 0 Å². The fourth-order valence-corrected chi connectivity index (χ4v) is 0.886. The summed E-state index contributed by atoms with van der Waals surface area (Å²) in [5.41, 5.74) is 0. The van der Waals surface area contributed by atoms with Crippen LogP contribution in [-0.4, -0.2) is 23.4 Å². The second kappa shape index (κ2) is 14.4. The summed E-state index contributed by atoms with van der Waals surface area (Å²) in [6.45, 7) is 8.63. The van der Waals surface area contributed by atoms with Crippen LogP contribution in [0.5, 0.6) is 0 Å². The van der Waals surface area contributed by atoms with Gasteiger partial charge < -0.3 is 10.2 Å². The summed E-state index contributed by atoms with van der Waals surface area (Å²) in [5.74, 6) is 0.845. The van der Waals surface area contributed by atoms with Crippen molar-refractivity contribution in [3.05, 3.63) is 24.3 Å². The van der Waals surface area contributed by atoms with Gasteiger partial charge in [0.2, 0.25) is 0 Å². The van der Waals surface area contributed by atoms with Gasteiger partial charge in [-0.15, -0.1) is 0 Å². The maximum Gasteiger partial charge on any atom is 0.0459 e. The Hall–Kier alpha value is -0.600. The zero-order valence-corrected chi connectivity index (χ0v) is 11.2. The Bertz CT molecular complexity index is 154. The van der Waals surface area contributed by atoms with E-state index in [1.807, 2.05) is 39.8 Å². The van der Waals surface area contributed by atoms with Crippen molar-refractivity contribution in [1.82, 2.24) is 0 Å². The topological polar surface area (TPSA) is 40.5 Å². The van der Waals surface area contributed by atoms with E-state index in [1.54, 1.807) is 0 Å². The van der Waals surface area contributed by atoms with E-state index in [-0.39, 0.29) is 0 Å². The number of hydrogen-bond donors (Lipinski definition) is 2. The first-order valence-corrected chi connectivity index (χ1v) is 6.06. The summed E-state index contributed by atoms with van der Waals surface area (Å²) in [7, 11) is 0. The Morgan fingerprint density at radius 2 is 1.12 bits per heavy atom. The number of aliphatic hydroxyl groups excluding tert-OH is 2. The van der Waals surface area contributed by atoms with Crippen LogP contribution in [0.1, 0.15) is 40.5 Å². The highest BCUT2D eigenvalue weighted by atomic mass is 16.3. The van der Waals surface area contributed by atoms with Crippen molar-refractivity contribution in [2.45, 2.75) is 40.5 Å². The monoisotopic (exact) mass is 228 g/mol. The van der Waals surface area contributed by atoms with Crippen LogP contribution in [0.2, 0.25) is 0 Å². The second-order valence-electron chi connectivity index (χ2n) is 4.18. The van der Waals surface area contributed by atoms with E-state index < -0.39 is 0 Å². The lowest BCUT2D eigenvalue weighted by Crippen LogP contribution is -1.97. The lowest BCUT2D eigenvalue weighted by atomic mass is 10.1. The average molecular weight is 228 g/mol. The molecule has 0 aliphatic rings. The third-order valence-electron chi connectivity index (χ3n) is 2.17. The minimum Gasteiger partial charge on any atom is -0.396 e. The molecular formula is C14H28O2. The molecule has 0 radical (unpaired) electrons. The molecule has 0 aromatic heterocycles. The van der Waals surface area contributed by atoms with Gasteiger partial charge in [0.1, 0.15) is 0 Å². The van der Waals surface area contributed by atoms with Gasteiger partial charge in [-0.3, -0.25) is 0 Å². The molecule has 2 N–H and O–H groups in total. The normalized spacial score (nSPS) is 14.9. The Kier molecular flexibility index (Phi) is 16.0. The van der Waals surface area contributed by atoms with Crippen molar-refractivity contribution in [2.75, 3.05) is 13.2 Å². The summed E-state index contributed by atoms with van der Waals surface area (Å²) in [6.07, 6.45) is 10.1. The summed E-state index contributed by atoms with van der Waals surface area (Å²) >= 11 is 0. The van der Waals surface area contributed by atoms with Gasteiger partial charge in [0.25, 0.3) is 0 Å². The highest BCUT2D eigenvalue weighted by Crippen LogP contribution is 2.00. The molecule has 0 bridgehead atoms. The van der Waals surface area contributed by atoms with Crippen LogP contribution >= 0.6 is 0 Å². The highest BCUT2D eigenvalue weighted by Gasteiger charge is 1.93. The average Bonchev–Trinajstić information content (AvgIpc) is 2.33. The number of hydrogen-bond acceptors (Lipinski definition) is 2. The fourth-order valence-electron chi connectivity index (χ4n) is 0.886. The Balaban J connectivity index is 0. The van der Waals surface area contributed by atoms with Gasteiger partial charge in [-0.2, -0.15) is 0 Å². The maximum absolute atomic E-state index is 8.53. The summed E-state index contributed by atoms with van der Waals surface area (Å²) in [5, 5.41) is 17.1. The first kappa shape index (κ1) is 17.8. The first-order valence-electron chi connectivity index (χ1n) is 6.06. The van der Waals surface area contributed by atoms with Crippen LogP contribution in [0, 0.1) is 11.8 Å². The molecule has 0 amide bonds. The molecule has 0 saturated carbocycles. The standard InChI is InChI=1S/2C7H14O/c2*1-3-4-5-7(2)6-8/h2*3-4,7-8H,5-6H2,1-2H3. The SMILES string of the molecule is CC=CCC(C)CO.CC=CCC(C)CO. The van der Waals surface area contributed by atoms with Crippen molar-refractivity contribution in [3.63, 3.8) is 0 Å². The molecule has 0 aromatic rings. The molecule has 0 aromatic carbocycles. The minimum absolute atomic E-state index is 0.296. The van der Waals surface area contributed by atoms with E-state index in [1.165, 1.54) is 0 Å². The van der Waals surface area contributed by atoms with Gasteiger partial charge in [0.05, 0.1) is 0 Å². The molecule has 16 heavy (non-hydrogen) atoms. The van der Waals surface area contributed by atoms with E-state index in [0.29, 0.717) is 25.0 Å². The van der Waals surface area contributed by atoms with Crippen molar-refractivity contribution in [3.8, 4) is 0 Å². The predicted octanol–water partition coefficient (Wildman–Crippen LogP) is 3.16. The fraction of sp³-hybridized carbons (Fsp3) is 0.714. The second-order valence-corrected chi connectivity index (χ2v) is 4.18. The molecule has 0 saturated heterocycles. The highest BCUT2D eigenvalue weighted by molar-refractivity contribution is 4.78. The Labute approximate surface area is 101 Å². The van der Waals surface area contributed by atoms with Gasteiger partial charge in [0, 0.05) is 13.2 Å². The molecule has 2 nitrogen and oxygen atoms in total. The smallest absolute Gasteiger partial charge is 0.0459 e. The van der Waals surface area contributed by atoms with E-state index in [2.05, 4.69) is 12.2 Å². The number of rotatable bonds is 6. The van der Waals surface area contributed by atoms with E-state index in [9.17, 15) is 0 Å². The molecule has 2 heteroatoms. The molecule has 0 aliphatic carbocycles. The van der Waals surface area contributed by atoms with Crippen LogP contribution in [0.15, 0.2) is 24.3 Å². The van der Waals surface area contributed by atoms with Gasteiger partial charge in [-0.25, -0.2) is 0 Å². The molecule has 0 aliphatic heterocycles. The van der Waals surface area contributed by atoms with Crippen LogP contribution in [-0.2, 0) is 0 Å². The largest absolute Gasteiger partial charge is 0.396 e. The molecule has 0 heterocycles. The van der Waals surface area contributed by atoms with Gasteiger partial charge in [0.15, 0.2) is 0 Å². The quantitative estimate of drug-likeness (QED) is 0.686. The van der Waals surface area contributed by atoms with Crippen molar-refractivity contribution < 1.29 is 10.2 Å².